The number of benzene rings is 2. The molecule has 4 rings (SSSR count). The van der Waals surface area contributed by atoms with Crippen LogP contribution in [-0.2, 0) is 17.6 Å². The minimum absolute atomic E-state index is 0.306. The molecule has 0 spiro atoms. The summed E-state index contributed by atoms with van der Waals surface area (Å²) < 4.78 is 6.60. The first kappa shape index (κ1) is 15.9. The molecule has 0 saturated heterocycles. The van der Waals surface area contributed by atoms with Gasteiger partial charge in [0, 0.05) is 21.7 Å². The van der Waals surface area contributed by atoms with Crippen molar-refractivity contribution in [2.24, 2.45) is 0 Å². The van der Waals surface area contributed by atoms with E-state index in [-0.39, 0.29) is 0 Å². The SMILES string of the molecule is CCOC(=O)n1nc2c(c1-c1ccc(Cl)cc1)CCc1ccccc1-2. The van der Waals surface area contributed by atoms with Gasteiger partial charge in [0.25, 0.3) is 0 Å². The van der Waals surface area contributed by atoms with Crippen LogP contribution in [0, 0.1) is 0 Å². The van der Waals surface area contributed by atoms with Crippen LogP contribution in [-0.4, -0.2) is 22.5 Å². The molecule has 126 valence electrons. The smallest absolute Gasteiger partial charge is 0.435 e. The lowest BCUT2D eigenvalue weighted by atomic mass is 9.88. The van der Waals surface area contributed by atoms with Crippen molar-refractivity contribution in [1.82, 2.24) is 9.78 Å². The zero-order valence-corrected chi connectivity index (χ0v) is 14.6. The van der Waals surface area contributed by atoms with Crippen LogP contribution < -0.4 is 0 Å². The number of ether oxygens (including phenoxy) is 1. The average molecular weight is 353 g/mol. The molecule has 0 bridgehead atoms. The molecular formula is C20H17ClN2O2. The highest BCUT2D eigenvalue weighted by atomic mass is 35.5. The van der Waals surface area contributed by atoms with Gasteiger partial charge in [-0.05, 0) is 37.5 Å². The number of hydrogen-bond donors (Lipinski definition) is 0. The third-order valence-corrected chi connectivity index (χ3v) is 4.71. The van der Waals surface area contributed by atoms with Gasteiger partial charge in [-0.2, -0.15) is 9.78 Å². The normalized spacial score (nSPS) is 12.4. The highest BCUT2D eigenvalue weighted by molar-refractivity contribution is 6.30. The summed E-state index contributed by atoms with van der Waals surface area (Å²) in [5.74, 6) is 0. The van der Waals surface area contributed by atoms with Crippen LogP contribution in [0.15, 0.2) is 48.5 Å². The number of hydrogen-bond acceptors (Lipinski definition) is 3. The summed E-state index contributed by atoms with van der Waals surface area (Å²) >= 11 is 6.02. The Labute approximate surface area is 151 Å². The summed E-state index contributed by atoms with van der Waals surface area (Å²) in [5.41, 5.74) is 5.98. The van der Waals surface area contributed by atoms with Crippen molar-refractivity contribution >= 4 is 17.7 Å². The highest BCUT2D eigenvalue weighted by Gasteiger charge is 2.28. The monoisotopic (exact) mass is 352 g/mol. The molecule has 1 aromatic heterocycles. The van der Waals surface area contributed by atoms with Crippen LogP contribution in [0.25, 0.3) is 22.5 Å². The van der Waals surface area contributed by atoms with E-state index < -0.39 is 6.09 Å². The van der Waals surface area contributed by atoms with Crippen LogP contribution in [0.2, 0.25) is 5.02 Å². The second-order valence-corrected chi connectivity index (χ2v) is 6.39. The number of aryl methyl sites for hydroxylation is 1. The van der Waals surface area contributed by atoms with E-state index >= 15 is 0 Å². The molecule has 0 unspecified atom stereocenters. The molecule has 0 fully saturated rings. The fourth-order valence-corrected chi connectivity index (χ4v) is 3.48. The van der Waals surface area contributed by atoms with E-state index in [9.17, 15) is 4.79 Å². The second-order valence-electron chi connectivity index (χ2n) is 5.95. The average Bonchev–Trinajstić information content (AvgIpc) is 3.03. The Kier molecular flexibility index (Phi) is 4.06. The summed E-state index contributed by atoms with van der Waals surface area (Å²) in [6.45, 7) is 2.10. The maximum Gasteiger partial charge on any atom is 0.435 e. The molecule has 3 aromatic rings. The van der Waals surface area contributed by atoms with Crippen LogP contribution in [0.3, 0.4) is 0 Å². The first-order chi connectivity index (χ1) is 12.2. The van der Waals surface area contributed by atoms with Crippen molar-refractivity contribution in [3.05, 3.63) is 64.7 Å². The number of fused-ring (bicyclic) bond motifs is 3. The van der Waals surface area contributed by atoms with Crippen molar-refractivity contribution in [2.75, 3.05) is 6.61 Å². The summed E-state index contributed by atoms with van der Waals surface area (Å²) in [6.07, 6.45) is 1.31. The molecule has 1 aliphatic carbocycles. The van der Waals surface area contributed by atoms with Gasteiger partial charge in [-0.15, -0.1) is 0 Å². The first-order valence-electron chi connectivity index (χ1n) is 8.32. The van der Waals surface area contributed by atoms with E-state index in [1.807, 2.05) is 36.4 Å². The Hall–Kier alpha value is -2.59. The number of carbonyl (C=O) groups is 1. The van der Waals surface area contributed by atoms with Gasteiger partial charge in [-0.3, -0.25) is 0 Å². The van der Waals surface area contributed by atoms with Gasteiger partial charge in [-0.1, -0.05) is 48.0 Å². The van der Waals surface area contributed by atoms with Gasteiger partial charge in [0.2, 0.25) is 0 Å². The lowest BCUT2D eigenvalue weighted by Crippen LogP contribution is -2.16. The number of carbonyl (C=O) groups excluding carboxylic acids is 1. The maximum atomic E-state index is 12.5. The van der Waals surface area contributed by atoms with Crippen molar-refractivity contribution in [3.8, 4) is 22.5 Å². The number of aromatic nitrogens is 2. The topological polar surface area (TPSA) is 44.1 Å². The minimum Gasteiger partial charge on any atom is -0.448 e. The van der Waals surface area contributed by atoms with E-state index in [1.54, 1.807) is 6.92 Å². The lowest BCUT2D eigenvalue weighted by molar-refractivity contribution is 0.151. The minimum atomic E-state index is -0.459. The number of halogens is 1. The highest BCUT2D eigenvalue weighted by Crippen LogP contribution is 2.38. The van der Waals surface area contributed by atoms with Crippen LogP contribution >= 0.6 is 11.6 Å². The fourth-order valence-electron chi connectivity index (χ4n) is 3.35. The quantitative estimate of drug-likeness (QED) is 0.653. The zero-order chi connectivity index (χ0) is 17.4. The molecular weight excluding hydrogens is 336 g/mol. The predicted octanol–water partition coefficient (Wildman–Crippen LogP) is 4.97. The molecule has 0 atom stereocenters. The molecule has 4 nitrogen and oxygen atoms in total. The van der Waals surface area contributed by atoms with Gasteiger partial charge in [0.15, 0.2) is 0 Å². The lowest BCUT2D eigenvalue weighted by Gasteiger charge is -2.16. The standard InChI is InChI=1S/C20H17ClN2O2/c1-2-25-20(24)23-19(14-7-10-15(21)11-8-14)17-12-9-13-5-3-4-6-16(13)18(17)22-23/h3-8,10-11H,2,9,12H2,1H3. The zero-order valence-electron chi connectivity index (χ0n) is 13.8. The Morgan fingerprint density at radius 1 is 1.16 bits per heavy atom. The van der Waals surface area contributed by atoms with Gasteiger partial charge < -0.3 is 4.74 Å². The summed E-state index contributed by atoms with van der Waals surface area (Å²) in [4.78, 5) is 12.5. The Bertz CT molecular complexity index is 945. The fraction of sp³-hybridized carbons (Fsp3) is 0.200. The van der Waals surface area contributed by atoms with Crippen molar-refractivity contribution in [1.29, 1.82) is 0 Å². The summed E-state index contributed by atoms with van der Waals surface area (Å²) in [6, 6.07) is 15.7. The van der Waals surface area contributed by atoms with Crippen molar-refractivity contribution in [2.45, 2.75) is 19.8 Å². The van der Waals surface area contributed by atoms with Crippen LogP contribution in [0.1, 0.15) is 18.1 Å². The van der Waals surface area contributed by atoms with E-state index in [0.29, 0.717) is 11.6 Å². The molecule has 1 heterocycles. The van der Waals surface area contributed by atoms with Crippen molar-refractivity contribution in [3.63, 3.8) is 0 Å². The van der Waals surface area contributed by atoms with Crippen LogP contribution in [0.5, 0.6) is 0 Å². The molecule has 0 saturated carbocycles. The van der Waals surface area contributed by atoms with Gasteiger partial charge in [0.05, 0.1) is 18.0 Å². The Balaban J connectivity index is 1.95. The van der Waals surface area contributed by atoms with E-state index in [2.05, 4.69) is 17.2 Å². The molecule has 0 N–H and O–H groups in total. The molecule has 0 amide bonds. The van der Waals surface area contributed by atoms with E-state index in [1.165, 1.54) is 10.2 Å². The largest absolute Gasteiger partial charge is 0.448 e. The molecule has 0 radical (unpaired) electrons. The Morgan fingerprint density at radius 2 is 1.92 bits per heavy atom. The molecule has 2 aromatic carbocycles. The van der Waals surface area contributed by atoms with E-state index in [0.717, 1.165) is 40.9 Å². The third kappa shape index (κ3) is 2.72. The molecule has 0 aliphatic heterocycles. The van der Waals surface area contributed by atoms with Crippen molar-refractivity contribution < 1.29 is 9.53 Å². The van der Waals surface area contributed by atoms with Gasteiger partial charge in [0.1, 0.15) is 0 Å². The van der Waals surface area contributed by atoms with Crippen LogP contribution in [0.4, 0.5) is 4.79 Å². The van der Waals surface area contributed by atoms with Gasteiger partial charge in [-0.25, -0.2) is 4.79 Å². The summed E-state index contributed by atoms with van der Waals surface area (Å²) in [5, 5.41) is 5.28. The molecule has 1 aliphatic rings. The third-order valence-electron chi connectivity index (χ3n) is 4.46. The summed E-state index contributed by atoms with van der Waals surface area (Å²) in [7, 11) is 0. The van der Waals surface area contributed by atoms with E-state index in [4.69, 9.17) is 16.3 Å². The first-order valence-corrected chi connectivity index (χ1v) is 8.70. The Morgan fingerprint density at radius 3 is 2.68 bits per heavy atom. The second kappa shape index (κ2) is 6.37. The number of nitrogens with zero attached hydrogens (tertiary/aromatic N) is 2. The molecule has 5 heteroatoms. The van der Waals surface area contributed by atoms with Gasteiger partial charge >= 0.3 is 6.09 Å². The number of rotatable bonds is 2. The maximum absolute atomic E-state index is 12.5. The molecule has 25 heavy (non-hydrogen) atoms. The predicted molar refractivity (Wildman–Crippen MR) is 97.9 cm³/mol.